The van der Waals surface area contributed by atoms with Crippen LogP contribution in [0.25, 0.3) is 0 Å². The van der Waals surface area contributed by atoms with Gasteiger partial charge in [-0.15, -0.1) is 11.8 Å². The average Bonchev–Trinajstić information content (AvgIpc) is 2.70. The summed E-state index contributed by atoms with van der Waals surface area (Å²) in [5, 5.41) is 11.4. The summed E-state index contributed by atoms with van der Waals surface area (Å²) in [6, 6.07) is 10.5. The number of halogens is 1. The van der Waals surface area contributed by atoms with Crippen molar-refractivity contribution in [2.24, 2.45) is 5.92 Å². The van der Waals surface area contributed by atoms with Crippen LogP contribution >= 0.6 is 23.4 Å². The molecule has 0 saturated carbocycles. The number of ketones is 2. The molecule has 9 heteroatoms. The van der Waals surface area contributed by atoms with Gasteiger partial charge in [0.2, 0.25) is 5.91 Å². The number of amides is 1. The minimum atomic E-state index is -1.60. The van der Waals surface area contributed by atoms with Gasteiger partial charge in [-0.3, -0.25) is 24.5 Å². The third-order valence-corrected chi connectivity index (χ3v) is 5.94. The normalized spacial score (nSPS) is 19.3. The predicted octanol–water partition coefficient (Wildman–Crippen LogP) is 3.94. The number of nitrogens with zero attached hydrogens (tertiary/aromatic N) is 2. The van der Waals surface area contributed by atoms with E-state index in [2.05, 4.69) is 0 Å². The maximum atomic E-state index is 12.9. The summed E-state index contributed by atoms with van der Waals surface area (Å²) in [7, 11) is 1.53. The minimum absolute atomic E-state index is 0.0430. The largest absolute Gasteiger partial charge is 0.337 e. The predicted molar refractivity (Wildman–Crippen MR) is 109 cm³/mol. The Morgan fingerprint density at radius 2 is 1.86 bits per heavy atom. The van der Waals surface area contributed by atoms with Gasteiger partial charge in [0.25, 0.3) is 5.69 Å². The summed E-state index contributed by atoms with van der Waals surface area (Å²) in [5.74, 6) is -3.70. The van der Waals surface area contributed by atoms with Crippen molar-refractivity contribution >= 4 is 46.5 Å². The highest BCUT2D eigenvalue weighted by molar-refractivity contribution is 7.98. The summed E-state index contributed by atoms with van der Waals surface area (Å²) in [5.41, 5.74) is -0.0434. The molecule has 7 nitrogen and oxygen atoms in total. The van der Waals surface area contributed by atoms with Crippen molar-refractivity contribution in [3.63, 3.8) is 0 Å². The molecule has 1 aliphatic rings. The Morgan fingerprint density at radius 1 is 1.21 bits per heavy atom. The van der Waals surface area contributed by atoms with Gasteiger partial charge < -0.3 is 4.90 Å². The number of Topliss-reactive ketones (excluding diaryl/α,β-unsaturated/α-hetero) is 2. The summed E-state index contributed by atoms with van der Waals surface area (Å²) < 4.78 is 0. The zero-order valence-corrected chi connectivity index (χ0v) is 17.2. The molecule has 2 aromatic rings. The zero-order valence-electron chi connectivity index (χ0n) is 15.6. The van der Waals surface area contributed by atoms with Gasteiger partial charge in [0.05, 0.1) is 16.5 Å². The van der Waals surface area contributed by atoms with Crippen molar-refractivity contribution in [2.45, 2.75) is 17.4 Å². The van der Waals surface area contributed by atoms with E-state index in [4.69, 9.17) is 11.6 Å². The van der Waals surface area contributed by atoms with Gasteiger partial charge >= 0.3 is 0 Å². The van der Waals surface area contributed by atoms with Crippen molar-refractivity contribution in [1.29, 1.82) is 0 Å². The number of hydrogen-bond acceptors (Lipinski definition) is 6. The molecule has 1 aliphatic heterocycles. The summed E-state index contributed by atoms with van der Waals surface area (Å²) >= 11 is 7.36. The van der Waals surface area contributed by atoms with Crippen LogP contribution in [0.1, 0.15) is 28.4 Å². The lowest BCUT2D eigenvalue weighted by Gasteiger charge is -2.35. The van der Waals surface area contributed by atoms with Crippen molar-refractivity contribution in [2.75, 3.05) is 13.3 Å². The molecule has 0 spiro atoms. The molecule has 2 aromatic carbocycles. The highest BCUT2D eigenvalue weighted by Gasteiger charge is 2.45. The first-order valence-corrected chi connectivity index (χ1v) is 10.3. The van der Waals surface area contributed by atoms with Gasteiger partial charge in [0.15, 0.2) is 17.5 Å². The molecule has 0 aromatic heterocycles. The highest BCUT2D eigenvalue weighted by Crippen LogP contribution is 2.35. The monoisotopic (exact) mass is 432 g/mol. The van der Waals surface area contributed by atoms with Gasteiger partial charge in [-0.2, -0.15) is 0 Å². The van der Waals surface area contributed by atoms with Crippen LogP contribution in [0.4, 0.5) is 5.69 Å². The Balaban J connectivity index is 1.91. The molecule has 1 saturated heterocycles. The molecule has 1 amide bonds. The second kappa shape index (κ2) is 8.34. The fraction of sp³-hybridized carbons (Fsp3) is 0.250. The van der Waals surface area contributed by atoms with Crippen LogP contribution in [0.15, 0.2) is 47.4 Å². The molecule has 1 heterocycles. The number of piperidine rings is 1. The Hall–Kier alpha value is -2.71. The fourth-order valence-corrected chi connectivity index (χ4v) is 3.96. The topological polar surface area (TPSA) is 97.6 Å². The number of nitro benzene ring substituents is 1. The van der Waals surface area contributed by atoms with Crippen molar-refractivity contribution in [3.05, 3.63) is 68.7 Å². The Bertz CT molecular complexity index is 1010. The number of rotatable bonds is 5. The maximum Gasteiger partial charge on any atom is 0.281 e. The molecular formula is C20H17ClN2O5S. The molecule has 0 radical (unpaired) electrons. The van der Waals surface area contributed by atoms with E-state index in [0.29, 0.717) is 0 Å². The van der Waals surface area contributed by atoms with Crippen LogP contribution in [0.2, 0.25) is 5.02 Å². The standard InChI is InChI=1S/C20H17ClN2O5S/c1-22-15(11-3-6-13(29-2)7-4-11)10-17(24)18(20(22)26)19(25)14-8-5-12(21)9-16(14)23(27)28/h3-9,15,18H,10H2,1-2H3. The number of carbonyl (C=O) groups is 3. The molecule has 2 unspecified atom stereocenters. The lowest BCUT2D eigenvalue weighted by Crippen LogP contribution is -2.48. The molecule has 0 N–H and O–H groups in total. The molecular weight excluding hydrogens is 416 g/mol. The van der Waals surface area contributed by atoms with Gasteiger partial charge in [0.1, 0.15) is 0 Å². The van der Waals surface area contributed by atoms with Crippen LogP contribution in [0.3, 0.4) is 0 Å². The molecule has 1 fully saturated rings. The third-order valence-electron chi connectivity index (χ3n) is 4.96. The number of carbonyl (C=O) groups excluding carboxylic acids is 3. The number of thioether (sulfide) groups is 1. The van der Waals surface area contributed by atoms with Gasteiger partial charge in [0, 0.05) is 29.5 Å². The summed E-state index contributed by atoms with van der Waals surface area (Å²) in [4.78, 5) is 51.5. The lowest BCUT2D eigenvalue weighted by molar-refractivity contribution is -0.385. The number of benzene rings is 2. The summed E-state index contributed by atoms with van der Waals surface area (Å²) in [6.45, 7) is 0. The van der Waals surface area contributed by atoms with Crippen molar-refractivity contribution in [1.82, 2.24) is 4.90 Å². The van der Waals surface area contributed by atoms with Crippen LogP contribution in [-0.2, 0) is 9.59 Å². The van der Waals surface area contributed by atoms with Gasteiger partial charge in [-0.25, -0.2) is 0 Å². The van der Waals surface area contributed by atoms with E-state index in [9.17, 15) is 24.5 Å². The minimum Gasteiger partial charge on any atom is -0.337 e. The molecule has 29 heavy (non-hydrogen) atoms. The first-order valence-electron chi connectivity index (χ1n) is 8.66. The number of nitro groups is 1. The highest BCUT2D eigenvalue weighted by atomic mass is 35.5. The average molecular weight is 433 g/mol. The van der Waals surface area contributed by atoms with Crippen molar-refractivity contribution < 1.29 is 19.3 Å². The number of likely N-dealkylation sites (tertiary alicyclic amines) is 1. The molecule has 2 atom stereocenters. The van der Waals surface area contributed by atoms with E-state index in [1.54, 1.807) is 11.8 Å². The second-order valence-corrected chi connectivity index (χ2v) is 7.94. The van der Waals surface area contributed by atoms with Crippen LogP contribution in [0.5, 0.6) is 0 Å². The first-order chi connectivity index (χ1) is 13.7. The molecule has 150 valence electrons. The van der Waals surface area contributed by atoms with E-state index in [-0.39, 0.29) is 17.0 Å². The SMILES string of the molecule is CSc1ccc(C2CC(=O)C(C(=O)c3ccc(Cl)cc3[N+](=O)[O-])C(=O)N2C)cc1. The smallest absolute Gasteiger partial charge is 0.281 e. The van der Waals surface area contributed by atoms with Crippen LogP contribution < -0.4 is 0 Å². The first kappa shape index (κ1) is 21.0. The Morgan fingerprint density at radius 3 is 2.45 bits per heavy atom. The molecule has 0 aliphatic carbocycles. The quantitative estimate of drug-likeness (QED) is 0.233. The van der Waals surface area contributed by atoms with Crippen molar-refractivity contribution in [3.8, 4) is 0 Å². The maximum absolute atomic E-state index is 12.9. The lowest BCUT2D eigenvalue weighted by atomic mass is 9.83. The van der Waals surface area contributed by atoms with E-state index in [1.165, 1.54) is 24.1 Å². The third kappa shape index (κ3) is 4.04. The Kier molecular flexibility index (Phi) is 6.04. The molecule has 3 rings (SSSR count). The van der Waals surface area contributed by atoms with E-state index in [0.717, 1.165) is 16.5 Å². The van der Waals surface area contributed by atoms with Gasteiger partial charge in [-0.1, -0.05) is 23.7 Å². The van der Waals surface area contributed by atoms with Crippen LogP contribution in [0, 0.1) is 16.0 Å². The van der Waals surface area contributed by atoms with E-state index < -0.39 is 40.0 Å². The van der Waals surface area contributed by atoms with Crippen LogP contribution in [-0.4, -0.2) is 40.6 Å². The fourth-order valence-electron chi connectivity index (χ4n) is 3.39. The summed E-state index contributed by atoms with van der Waals surface area (Å²) in [6.07, 6.45) is 1.90. The second-order valence-electron chi connectivity index (χ2n) is 6.62. The van der Waals surface area contributed by atoms with Gasteiger partial charge in [-0.05, 0) is 36.1 Å². The number of hydrogen-bond donors (Lipinski definition) is 0. The Labute approximate surface area is 176 Å². The van der Waals surface area contributed by atoms with E-state index >= 15 is 0 Å². The molecule has 0 bridgehead atoms. The zero-order chi connectivity index (χ0) is 21.3. The van der Waals surface area contributed by atoms with E-state index in [1.807, 2.05) is 30.5 Å².